The quantitative estimate of drug-likeness (QED) is 0.838. The zero-order valence-corrected chi connectivity index (χ0v) is 11.4. The van der Waals surface area contributed by atoms with Crippen LogP contribution in [0.25, 0.3) is 0 Å². The summed E-state index contributed by atoms with van der Waals surface area (Å²) in [5.41, 5.74) is 2.84. The van der Waals surface area contributed by atoms with Crippen molar-refractivity contribution < 1.29 is 14.2 Å². The molecule has 1 saturated heterocycles. The van der Waals surface area contributed by atoms with E-state index >= 15 is 0 Å². The van der Waals surface area contributed by atoms with E-state index in [1.54, 1.807) is 24.3 Å². The zero-order chi connectivity index (χ0) is 14.4. The zero-order valence-electron chi connectivity index (χ0n) is 11.4. The number of benzene rings is 2. The molecule has 4 heteroatoms. The number of rotatable bonds is 1. The fourth-order valence-corrected chi connectivity index (χ4v) is 3.49. The lowest BCUT2D eigenvalue weighted by Gasteiger charge is -2.36. The second-order valence-corrected chi connectivity index (χ2v) is 5.69. The Labute approximate surface area is 122 Å². The van der Waals surface area contributed by atoms with Gasteiger partial charge in [0.2, 0.25) is 0 Å². The average Bonchev–Trinajstić information content (AvgIpc) is 2.96. The van der Waals surface area contributed by atoms with Crippen LogP contribution in [0.4, 0.5) is 10.1 Å². The molecule has 2 aliphatic rings. The first-order valence-electron chi connectivity index (χ1n) is 7.19. The molecule has 0 radical (unpaired) electrons. The van der Waals surface area contributed by atoms with E-state index in [0.29, 0.717) is 6.61 Å². The molecular weight excluding hydrogens is 269 g/mol. The third-order valence-electron chi connectivity index (χ3n) is 4.43. The van der Waals surface area contributed by atoms with E-state index in [9.17, 15) is 9.50 Å². The molecule has 0 spiro atoms. The molecule has 0 bridgehead atoms. The monoisotopic (exact) mass is 285 g/mol. The van der Waals surface area contributed by atoms with Crippen LogP contribution in [0, 0.1) is 11.7 Å². The summed E-state index contributed by atoms with van der Waals surface area (Å²) < 4.78 is 19.4. The van der Waals surface area contributed by atoms with Gasteiger partial charge in [0.25, 0.3) is 0 Å². The minimum absolute atomic E-state index is 0.0718. The summed E-state index contributed by atoms with van der Waals surface area (Å²) in [6.07, 6.45) is 0.845. The third kappa shape index (κ3) is 2.07. The smallest absolute Gasteiger partial charge is 0.123 e. The van der Waals surface area contributed by atoms with Crippen molar-refractivity contribution in [2.75, 3.05) is 11.9 Å². The van der Waals surface area contributed by atoms with Crippen LogP contribution in [0.1, 0.15) is 29.7 Å². The van der Waals surface area contributed by atoms with Crippen molar-refractivity contribution >= 4 is 5.69 Å². The predicted octanol–water partition coefficient (Wildman–Crippen LogP) is 3.78. The first-order valence-corrected chi connectivity index (χ1v) is 7.19. The summed E-state index contributed by atoms with van der Waals surface area (Å²) in [6, 6.07) is 12.1. The first-order chi connectivity index (χ1) is 10.2. The van der Waals surface area contributed by atoms with Crippen molar-refractivity contribution in [3.05, 3.63) is 59.4 Å². The lowest BCUT2D eigenvalue weighted by atomic mass is 9.81. The summed E-state index contributed by atoms with van der Waals surface area (Å²) in [5.74, 6) is 0.274. The van der Waals surface area contributed by atoms with Gasteiger partial charge in [0, 0.05) is 23.8 Å². The van der Waals surface area contributed by atoms with Gasteiger partial charge < -0.3 is 15.2 Å². The number of halogens is 1. The Morgan fingerprint density at radius 1 is 1.19 bits per heavy atom. The van der Waals surface area contributed by atoms with E-state index in [0.717, 1.165) is 23.2 Å². The summed E-state index contributed by atoms with van der Waals surface area (Å²) >= 11 is 0. The van der Waals surface area contributed by atoms with Gasteiger partial charge in [-0.15, -0.1) is 0 Å². The molecule has 0 aliphatic carbocycles. The maximum absolute atomic E-state index is 13.5. The van der Waals surface area contributed by atoms with Crippen LogP contribution >= 0.6 is 0 Å². The second-order valence-electron chi connectivity index (χ2n) is 5.69. The van der Waals surface area contributed by atoms with Crippen molar-refractivity contribution in [1.82, 2.24) is 0 Å². The van der Waals surface area contributed by atoms with Gasteiger partial charge in [-0.2, -0.15) is 0 Å². The fraction of sp³-hybridized carbons (Fsp3) is 0.294. The molecule has 1 fully saturated rings. The molecule has 2 heterocycles. The molecule has 21 heavy (non-hydrogen) atoms. The van der Waals surface area contributed by atoms with Gasteiger partial charge in [-0.3, -0.25) is 0 Å². The highest BCUT2D eigenvalue weighted by atomic mass is 19.1. The van der Waals surface area contributed by atoms with E-state index in [-0.39, 0.29) is 29.6 Å². The third-order valence-corrected chi connectivity index (χ3v) is 4.43. The highest BCUT2D eigenvalue weighted by Gasteiger charge is 2.41. The van der Waals surface area contributed by atoms with Crippen molar-refractivity contribution in [3.63, 3.8) is 0 Å². The van der Waals surface area contributed by atoms with Gasteiger partial charge in [0.1, 0.15) is 11.6 Å². The topological polar surface area (TPSA) is 41.5 Å². The van der Waals surface area contributed by atoms with E-state index in [2.05, 4.69) is 5.32 Å². The summed E-state index contributed by atoms with van der Waals surface area (Å²) in [4.78, 5) is 0. The number of phenols is 1. The van der Waals surface area contributed by atoms with Crippen LogP contribution in [0.5, 0.6) is 5.75 Å². The van der Waals surface area contributed by atoms with Crippen molar-refractivity contribution in [1.29, 1.82) is 0 Å². The van der Waals surface area contributed by atoms with Crippen LogP contribution in [-0.4, -0.2) is 11.7 Å². The fourth-order valence-electron chi connectivity index (χ4n) is 3.49. The Morgan fingerprint density at radius 3 is 2.95 bits per heavy atom. The Bertz CT molecular complexity index is 688. The summed E-state index contributed by atoms with van der Waals surface area (Å²) in [7, 11) is 0. The SMILES string of the molecule is Oc1cccc(C2Nc3ccc(F)cc3[C@H]3OCC[C@@H]23)c1. The normalized spacial score (nSPS) is 26.8. The van der Waals surface area contributed by atoms with E-state index in [4.69, 9.17) is 4.74 Å². The highest BCUT2D eigenvalue weighted by Crippen LogP contribution is 2.50. The van der Waals surface area contributed by atoms with E-state index < -0.39 is 0 Å². The van der Waals surface area contributed by atoms with Gasteiger partial charge in [-0.1, -0.05) is 12.1 Å². The molecule has 2 N–H and O–H groups in total. The van der Waals surface area contributed by atoms with Crippen molar-refractivity contribution in [3.8, 4) is 5.75 Å². The summed E-state index contributed by atoms with van der Waals surface area (Å²) in [5, 5.41) is 13.2. The molecule has 108 valence electrons. The van der Waals surface area contributed by atoms with Crippen LogP contribution in [0.2, 0.25) is 0 Å². The van der Waals surface area contributed by atoms with Crippen LogP contribution in [0.15, 0.2) is 42.5 Å². The molecule has 2 aromatic carbocycles. The van der Waals surface area contributed by atoms with Crippen LogP contribution < -0.4 is 5.32 Å². The Kier molecular flexibility index (Phi) is 2.86. The number of ether oxygens (including phenoxy) is 1. The van der Waals surface area contributed by atoms with Gasteiger partial charge >= 0.3 is 0 Å². The Hall–Kier alpha value is -2.07. The minimum atomic E-state index is -0.236. The van der Waals surface area contributed by atoms with Crippen molar-refractivity contribution in [2.45, 2.75) is 18.6 Å². The molecule has 3 atom stereocenters. The number of nitrogens with one attached hydrogen (secondary N) is 1. The van der Waals surface area contributed by atoms with Gasteiger partial charge in [-0.25, -0.2) is 4.39 Å². The molecular formula is C17H16FNO2. The lowest BCUT2D eigenvalue weighted by Crippen LogP contribution is -2.29. The van der Waals surface area contributed by atoms with Gasteiger partial charge in [-0.05, 0) is 42.3 Å². The minimum Gasteiger partial charge on any atom is -0.508 e. The number of phenolic OH excluding ortho intramolecular Hbond substituents is 1. The molecule has 0 saturated carbocycles. The number of fused-ring (bicyclic) bond motifs is 3. The molecule has 0 aromatic heterocycles. The van der Waals surface area contributed by atoms with E-state index in [1.807, 2.05) is 12.1 Å². The molecule has 0 amide bonds. The number of hydrogen-bond acceptors (Lipinski definition) is 3. The highest BCUT2D eigenvalue weighted by molar-refractivity contribution is 5.57. The van der Waals surface area contributed by atoms with Gasteiger partial charge in [0.05, 0.1) is 12.1 Å². The molecule has 3 nitrogen and oxygen atoms in total. The average molecular weight is 285 g/mol. The Balaban J connectivity index is 1.79. The number of hydrogen-bond donors (Lipinski definition) is 2. The van der Waals surface area contributed by atoms with E-state index in [1.165, 1.54) is 6.07 Å². The maximum Gasteiger partial charge on any atom is 0.123 e. The maximum atomic E-state index is 13.5. The van der Waals surface area contributed by atoms with Crippen molar-refractivity contribution in [2.24, 2.45) is 5.92 Å². The molecule has 1 unspecified atom stereocenters. The number of anilines is 1. The second kappa shape index (κ2) is 4.74. The molecule has 2 aromatic rings. The lowest BCUT2D eigenvalue weighted by molar-refractivity contribution is 0.0826. The van der Waals surface area contributed by atoms with Gasteiger partial charge in [0.15, 0.2) is 0 Å². The molecule has 2 aliphatic heterocycles. The largest absolute Gasteiger partial charge is 0.508 e. The predicted molar refractivity (Wildman–Crippen MR) is 77.7 cm³/mol. The Morgan fingerprint density at radius 2 is 2.10 bits per heavy atom. The van der Waals surface area contributed by atoms with Crippen LogP contribution in [0.3, 0.4) is 0 Å². The molecule has 4 rings (SSSR count). The number of aromatic hydroxyl groups is 1. The standard InChI is InChI=1S/C17H16FNO2/c18-11-4-5-15-14(9-11)17-13(6-7-21-17)16(19-15)10-2-1-3-12(20)8-10/h1-5,8-9,13,16-17,19-20H,6-7H2/t13-,16?,17-/m0/s1. The van der Waals surface area contributed by atoms with Crippen LogP contribution in [-0.2, 0) is 4.74 Å². The summed E-state index contributed by atoms with van der Waals surface area (Å²) in [6.45, 7) is 0.683. The first kappa shape index (κ1) is 12.7.